The first-order valence-corrected chi connectivity index (χ1v) is 14.0. The average Bonchev–Trinajstić information content (AvgIpc) is 2.92. The summed E-state index contributed by atoms with van der Waals surface area (Å²) in [6, 6.07) is 22.4. The van der Waals surface area contributed by atoms with E-state index in [-0.39, 0.29) is 23.5 Å². The van der Waals surface area contributed by atoms with E-state index >= 15 is 0 Å². The lowest BCUT2D eigenvalue weighted by molar-refractivity contribution is -0.123. The van der Waals surface area contributed by atoms with Crippen LogP contribution in [0.2, 0.25) is 5.02 Å². The van der Waals surface area contributed by atoms with Crippen molar-refractivity contribution in [3.63, 3.8) is 0 Å². The Morgan fingerprint density at radius 1 is 1.00 bits per heavy atom. The lowest BCUT2D eigenvalue weighted by atomic mass is 10.1. The monoisotopic (exact) mass is 552 g/mol. The zero-order chi connectivity index (χ0) is 27.0. The summed E-state index contributed by atoms with van der Waals surface area (Å²) in [6.07, 6.45) is 2.44. The van der Waals surface area contributed by atoms with Crippen molar-refractivity contribution in [1.29, 1.82) is 0 Å². The van der Waals surface area contributed by atoms with Gasteiger partial charge in [-0.2, -0.15) is 0 Å². The standard InChI is InChI=1S/C28H29ClN4O4S/c1-20(21-6-3-2-4-7-21)33-38(35,36)24-11-9-23(10-12-24)37-19-28(34)32-16-5-15-30-26-14-17-31-27-18-22(29)8-13-25(26)27/h2-4,6-14,17-18,20,33H,5,15-16,19H2,1H3,(H,30,31)(H,32,34)/t20-/m1/s1. The summed E-state index contributed by atoms with van der Waals surface area (Å²) < 4.78 is 33.6. The van der Waals surface area contributed by atoms with Gasteiger partial charge in [0.1, 0.15) is 5.75 Å². The molecule has 3 N–H and O–H groups in total. The van der Waals surface area contributed by atoms with E-state index in [1.165, 1.54) is 24.3 Å². The minimum absolute atomic E-state index is 0.120. The van der Waals surface area contributed by atoms with Crippen LogP contribution in [0.4, 0.5) is 5.69 Å². The number of ether oxygens (including phenoxy) is 1. The van der Waals surface area contributed by atoms with E-state index in [2.05, 4.69) is 20.3 Å². The van der Waals surface area contributed by atoms with Crippen LogP contribution in [-0.2, 0) is 14.8 Å². The number of sulfonamides is 1. The molecule has 0 aliphatic heterocycles. The maximum Gasteiger partial charge on any atom is 0.257 e. The third kappa shape index (κ3) is 7.44. The van der Waals surface area contributed by atoms with Crippen molar-refractivity contribution in [2.75, 3.05) is 25.0 Å². The molecular weight excluding hydrogens is 524 g/mol. The van der Waals surface area contributed by atoms with Crippen molar-refractivity contribution in [2.45, 2.75) is 24.3 Å². The molecule has 4 rings (SSSR count). The molecule has 8 nitrogen and oxygen atoms in total. The molecule has 4 aromatic rings. The topological polar surface area (TPSA) is 109 Å². The Morgan fingerprint density at radius 2 is 1.76 bits per heavy atom. The number of anilines is 1. The van der Waals surface area contributed by atoms with Crippen LogP contribution in [0.25, 0.3) is 10.9 Å². The van der Waals surface area contributed by atoms with Gasteiger partial charge in [0, 0.05) is 41.4 Å². The molecule has 3 aromatic carbocycles. The van der Waals surface area contributed by atoms with Crippen molar-refractivity contribution in [1.82, 2.24) is 15.0 Å². The Balaban J connectivity index is 1.18. The third-order valence-corrected chi connectivity index (χ3v) is 7.62. The number of nitrogens with zero attached hydrogens (tertiary/aromatic N) is 1. The second-order valence-corrected chi connectivity index (χ2v) is 10.8. The minimum atomic E-state index is -3.71. The predicted molar refractivity (Wildman–Crippen MR) is 150 cm³/mol. The summed E-state index contributed by atoms with van der Waals surface area (Å²) in [6.45, 7) is 2.76. The van der Waals surface area contributed by atoms with Crippen LogP contribution >= 0.6 is 11.6 Å². The fraction of sp³-hybridized carbons (Fsp3) is 0.214. The normalized spacial score (nSPS) is 12.2. The smallest absolute Gasteiger partial charge is 0.257 e. The number of hydrogen-bond acceptors (Lipinski definition) is 6. The lowest BCUT2D eigenvalue weighted by Crippen LogP contribution is -2.30. The molecule has 0 saturated heterocycles. The molecule has 0 bridgehead atoms. The Morgan fingerprint density at radius 3 is 2.53 bits per heavy atom. The zero-order valence-electron chi connectivity index (χ0n) is 20.9. The van der Waals surface area contributed by atoms with E-state index in [4.69, 9.17) is 16.3 Å². The summed E-state index contributed by atoms with van der Waals surface area (Å²) in [5.41, 5.74) is 2.64. The zero-order valence-corrected chi connectivity index (χ0v) is 22.4. The van der Waals surface area contributed by atoms with Gasteiger partial charge in [-0.1, -0.05) is 41.9 Å². The SMILES string of the molecule is C[C@@H](NS(=O)(=O)c1ccc(OCC(=O)NCCCNc2ccnc3cc(Cl)ccc23)cc1)c1ccccc1. The molecular formula is C28H29ClN4O4S. The maximum absolute atomic E-state index is 12.7. The van der Waals surface area contributed by atoms with Crippen LogP contribution in [0.3, 0.4) is 0 Å². The number of carbonyl (C=O) groups is 1. The quantitative estimate of drug-likeness (QED) is 0.215. The molecule has 0 saturated carbocycles. The van der Waals surface area contributed by atoms with Crippen LogP contribution < -0.4 is 20.1 Å². The van der Waals surface area contributed by atoms with Crippen LogP contribution in [0.15, 0.2) is 90.0 Å². The Kier molecular flexibility index (Phi) is 9.17. The van der Waals surface area contributed by atoms with E-state index in [0.717, 1.165) is 22.2 Å². The van der Waals surface area contributed by atoms with Crippen molar-refractivity contribution in [3.05, 3.63) is 95.6 Å². The maximum atomic E-state index is 12.7. The second kappa shape index (κ2) is 12.7. The lowest BCUT2D eigenvalue weighted by Gasteiger charge is -2.15. The van der Waals surface area contributed by atoms with E-state index in [0.29, 0.717) is 30.3 Å². The first-order valence-electron chi connectivity index (χ1n) is 12.2. The number of aromatic nitrogens is 1. The molecule has 0 unspecified atom stereocenters. The van der Waals surface area contributed by atoms with Gasteiger partial charge < -0.3 is 15.4 Å². The van der Waals surface area contributed by atoms with Gasteiger partial charge in [0.15, 0.2) is 6.61 Å². The van der Waals surface area contributed by atoms with Crippen molar-refractivity contribution < 1.29 is 17.9 Å². The first kappa shape index (κ1) is 27.4. The Hall–Kier alpha value is -3.66. The summed E-state index contributed by atoms with van der Waals surface area (Å²) in [5, 5.41) is 7.79. The highest BCUT2D eigenvalue weighted by molar-refractivity contribution is 7.89. The van der Waals surface area contributed by atoms with Gasteiger partial charge in [-0.05, 0) is 67.4 Å². The van der Waals surface area contributed by atoms with E-state index in [1.54, 1.807) is 13.1 Å². The molecule has 0 spiro atoms. The van der Waals surface area contributed by atoms with E-state index in [1.807, 2.05) is 54.6 Å². The molecule has 1 aromatic heterocycles. The Bertz CT molecular complexity index is 1480. The van der Waals surface area contributed by atoms with Gasteiger partial charge >= 0.3 is 0 Å². The molecule has 1 heterocycles. The number of carbonyl (C=O) groups excluding carboxylic acids is 1. The number of amides is 1. The highest BCUT2D eigenvalue weighted by atomic mass is 35.5. The summed E-state index contributed by atoms with van der Waals surface area (Å²) in [7, 11) is -3.71. The predicted octanol–water partition coefficient (Wildman–Crippen LogP) is 4.92. The van der Waals surface area contributed by atoms with Gasteiger partial charge in [0.25, 0.3) is 5.91 Å². The van der Waals surface area contributed by atoms with Gasteiger partial charge in [-0.25, -0.2) is 13.1 Å². The van der Waals surface area contributed by atoms with Crippen molar-refractivity contribution in [3.8, 4) is 5.75 Å². The van der Waals surface area contributed by atoms with E-state index in [9.17, 15) is 13.2 Å². The van der Waals surface area contributed by atoms with Gasteiger partial charge in [-0.3, -0.25) is 9.78 Å². The third-order valence-electron chi connectivity index (χ3n) is 5.83. The van der Waals surface area contributed by atoms with Gasteiger partial charge in [-0.15, -0.1) is 0 Å². The van der Waals surface area contributed by atoms with Crippen LogP contribution in [0.1, 0.15) is 24.9 Å². The average molecular weight is 553 g/mol. The molecule has 1 amide bonds. The molecule has 10 heteroatoms. The highest BCUT2D eigenvalue weighted by Crippen LogP contribution is 2.24. The molecule has 1 atom stereocenters. The fourth-order valence-electron chi connectivity index (χ4n) is 3.84. The second-order valence-electron chi connectivity index (χ2n) is 8.66. The van der Waals surface area contributed by atoms with Crippen LogP contribution in [0.5, 0.6) is 5.75 Å². The molecule has 0 fully saturated rings. The minimum Gasteiger partial charge on any atom is -0.484 e. The Labute approximate surface area is 227 Å². The number of rotatable bonds is 12. The molecule has 0 aliphatic rings. The number of benzene rings is 3. The summed E-state index contributed by atoms with van der Waals surface area (Å²) in [5.74, 6) is 0.144. The highest BCUT2D eigenvalue weighted by Gasteiger charge is 2.18. The molecule has 198 valence electrons. The summed E-state index contributed by atoms with van der Waals surface area (Å²) >= 11 is 6.03. The largest absolute Gasteiger partial charge is 0.484 e. The van der Waals surface area contributed by atoms with E-state index < -0.39 is 10.0 Å². The van der Waals surface area contributed by atoms with Gasteiger partial charge in [0.05, 0.1) is 10.4 Å². The number of fused-ring (bicyclic) bond motifs is 1. The number of hydrogen-bond donors (Lipinski definition) is 3. The molecule has 0 aliphatic carbocycles. The van der Waals surface area contributed by atoms with Crippen molar-refractivity contribution >= 4 is 44.1 Å². The number of pyridine rings is 1. The van der Waals surface area contributed by atoms with Crippen LogP contribution in [-0.4, -0.2) is 39.0 Å². The van der Waals surface area contributed by atoms with Crippen LogP contribution in [0, 0.1) is 0 Å². The molecule has 38 heavy (non-hydrogen) atoms. The van der Waals surface area contributed by atoms with Gasteiger partial charge in [0.2, 0.25) is 10.0 Å². The van der Waals surface area contributed by atoms with Crippen molar-refractivity contribution in [2.24, 2.45) is 0 Å². The molecule has 0 radical (unpaired) electrons. The number of nitrogens with one attached hydrogen (secondary N) is 3. The summed E-state index contributed by atoms with van der Waals surface area (Å²) in [4.78, 5) is 16.6. The fourth-order valence-corrected chi connectivity index (χ4v) is 5.24. The number of halogens is 1. The first-order chi connectivity index (χ1) is 18.3.